The van der Waals surface area contributed by atoms with Gasteiger partial charge in [-0.3, -0.25) is 13.7 Å². The molecule has 0 saturated carbocycles. The molecule has 0 saturated heterocycles. The summed E-state index contributed by atoms with van der Waals surface area (Å²) in [5.41, 5.74) is -0.671. The zero-order valence-electron chi connectivity index (χ0n) is 22.5. The normalized spacial score (nSPS) is 12.4. The molecule has 21 heteroatoms. The van der Waals surface area contributed by atoms with Crippen molar-refractivity contribution < 1.29 is 44.0 Å². The maximum atomic E-state index is 12.3. The van der Waals surface area contributed by atoms with Crippen LogP contribution >= 0.6 is 11.6 Å². The number of halogens is 1. The number of nitrogens with zero attached hydrogens (tertiary/aromatic N) is 5. The van der Waals surface area contributed by atoms with Gasteiger partial charge in [-0.15, -0.1) is 5.11 Å². The Balaban J connectivity index is 1.67. The molecule has 1 heterocycles. The van der Waals surface area contributed by atoms with Crippen molar-refractivity contribution in [3.8, 4) is 5.75 Å². The Morgan fingerprint density at radius 3 is 1.96 bits per heavy atom. The van der Waals surface area contributed by atoms with Gasteiger partial charge in [0.1, 0.15) is 10.6 Å². The van der Waals surface area contributed by atoms with Crippen LogP contribution in [0.1, 0.15) is 0 Å². The minimum Gasteiger partial charge on any atom is -0.505 e. The molecule has 0 aliphatic carbocycles. The van der Waals surface area contributed by atoms with Gasteiger partial charge in [-0.2, -0.15) is 45.3 Å². The van der Waals surface area contributed by atoms with Crippen LogP contribution in [0.15, 0.2) is 97.7 Å². The van der Waals surface area contributed by atoms with Crippen LogP contribution in [0.5, 0.6) is 5.75 Å². The third-order valence-electron chi connectivity index (χ3n) is 5.96. The summed E-state index contributed by atoms with van der Waals surface area (Å²) in [6.45, 7) is 0. The van der Waals surface area contributed by atoms with E-state index in [0.29, 0.717) is 0 Å². The van der Waals surface area contributed by atoms with E-state index in [9.17, 15) is 44.0 Å². The third-order valence-corrected chi connectivity index (χ3v) is 8.68. The highest BCUT2D eigenvalue weighted by molar-refractivity contribution is 7.86. The number of anilines is 4. The van der Waals surface area contributed by atoms with Crippen molar-refractivity contribution in [2.24, 2.45) is 10.2 Å². The largest absolute Gasteiger partial charge is 0.505 e. The van der Waals surface area contributed by atoms with Crippen LogP contribution < -0.4 is 10.6 Å². The molecule has 238 valence electrons. The molecule has 17 nitrogen and oxygen atoms in total. The van der Waals surface area contributed by atoms with E-state index in [0.717, 1.165) is 30.3 Å². The average molecular weight is 708 g/mol. The molecule has 46 heavy (non-hydrogen) atoms. The van der Waals surface area contributed by atoms with Crippen LogP contribution in [-0.4, -0.2) is 59.0 Å². The van der Waals surface area contributed by atoms with Crippen molar-refractivity contribution in [2.75, 3.05) is 10.6 Å². The predicted molar refractivity (Wildman–Crippen MR) is 164 cm³/mol. The number of hydrogen-bond acceptors (Lipinski definition) is 14. The van der Waals surface area contributed by atoms with Crippen LogP contribution in [0.3, 0.4) is 0 Å². The van der Waals surface area contributed by atoms with E-state index in [2.05, 4.69) is 35.8 Å². The standard InChI is InChI=1S/C25H18ClN7O10S3/c26-23-29-24(27-15-7-4-8-16(11-15)44(35,36)37)31-25(30-23)28-18-12-17(45(38,39)40)9-13-10-19(46(41,42)43)21(22(34)20(13)18)33-32-14-5-2-1-3-6-14/h1-12,34H,(H,35,36,37)(H,38,39,40)(H,41,42,43)(H2,27,28,29,30,31). The molecule has 0 spiro atoms. The van der Waals surface area contributed by atoms with Gasteiger partial charge in [0.15, 0.2) is 5.75 Å². The first-order valence-electron chi connectivity index (χ1n) is 12.3. The lowest BCUT2D eigenvalue weighted by atomic mass is 10.1. The van der Waals surface area contributed by atoms with Crippen molar-refractivity contribution in [1.82, 2.24) is 15.0 Å². The van der Waals surface area contributed by atoms with E-state index in [-0.39, 0.29) is 39.7 Å². The van der Waals surface area contributed by atoms with E-state index in [4.69, 9.17) is 11.6 Å². The molecule has 5 aromatic rings. The number of phenolic OH excluding ortho intramolecular Hbond substituents is 1. The lowest BCUT2D eigenvalue weighted by Gasteiger charge is -2.15. The second-order valence-corrected chi connectivity index (χ2v) is 13.7. The van der Waals surface area contributed by atoms with Gasteiger partial charge in [-0.25, -0.2) is 0 Å². The molecule has 0 unspecified atom stereocenters. The highest BCUT2D eigenvalue weighted by Crippen LogP contribution is 2.45. The predicted octanol–water partition coefficient (Wildman–Crippen LogP) is 5.03. The van der Waals surface area contributed by atoms with E-state index >= 15 is 0 Å². The Bertz CT molecular complexity index is 2380. The summed E-state index contributed by atoms with van der Waals surface area (Å²) in [6.07, 6.45) is 0. The number of benzene rings is 4. The fraction of sp³-hybridized carbons (Fsp3) is 0. The Labute approximate surface area is 264 Å². The average Bonchev–Trinajstić information content (AvgIpc) is 2.95. The number of aromatic nitrogens is 3. The van der Waals surface area contributed by atoms with Gasteiger partial charge in [0, 0.05) is 11.1 Å². The highest BCUT2D eigenvalue weighted by atomic mass is 35.5. The second kappa shape index (κ2) is 12.2. The number of fused-ring (bicyclic) bond motifs is 1. The fourth-order valence-corrected chi connectivity index (χ4v) is 5.94. The van der Waals surface area contributed by atoms with Crippen LogP contribution in [0.25, 0.3) is 10.8 Å². The van der Waals surface area contributed by atoms with Gasteiger partial charge in [0.25, 0.3) is 30.4 Å². The monoisotopic (exact) mass is 707 g/mol. The van der Waals surface area contributed by atoms with Gasteiger partial charge in [-0.05, 0) is 65.5 Å². The van der Waals surface area contributed by atoms with Gasteiger partial charge < -0.3 is 15.7 Å². The number of aromatic hydroxyl groups is 1. The zero-order chi connectivity index (χ0) is 33.4. The van der Waals surface area contributed by atoms with Crippen LogP contribution in [0.4, 0.5) is 34.6 Å². The van der Waals surface area contributed by atoms with Crippen molar-refractivity contribution in [3.05, 3.63) is 78.1 Å². The summed E-state index contributed by atoms with van der Waals surface area (Å²) in [5.74, 6) is -1.52. The molecule has 5 rings (SSSR count). The quantitative estimate of drug-likeness (QED) is 0.0866. The Kier molecular flexibility index (Phi) is 8.61. The van der Waals surface area contributed by atoms with Crippen LogP contribution in [-0.2, 0) is 30.4 Å². The van der Waals surface area contributed by atoms with Crippen molar-refractivity contribution in [3.63, 3.8) is 0 Å². The Hall–Kier alpha value is -4.83. The number of phenols is 1. The van der Waals surface area contributed by atoms with Gasteiger partial charge >= 0.3 is 0 Å². The topological polar surface area (TPSA) is 271 Å². The number of hydrogen-bond donors (Lipinski definition) is 6. The first-order chi connectivity index (χ1) is 21.5. The fourth-order valence-electron chi connectivity index (χ4n) is 4.05. The molecule has 4 aromatic carbocycles. The lowest BCUT2D eigenvalue weighted by molar-refractivity contribution is 0.472. The molecule has 0 aliphatic rings. The molecular formula is C25H18ClN7O10S3. The summed E-state index contributed by atoms with van der Waals surface area (Å²) < 4.78 is 101. The molecular weight excluding hydrogens is 690 g/mol. The minimum atomic E-state index is -5.08. The van der Waals surface area contributed by atoms with Crippen LogP contribution in [0.2, 0.25) is 5.28 Å². The second-order valence-electron chi connectivity index (χ2n) is 9.13. The summed E-state index contributed by atoms with van der Waals surface area (Å²) >= 11 is 6.05. The van der Waals surface area contributed by atoms with E-state index in [1.807, 2.05) is 0 Å². The number of azo groups is 1. The Morgan fingerprint density at radius 2 is 1.33 bits per heavy atom. The van der Waals surface area contributed by atoms with Crippen molar-refractivity contribution >= 4 is 87.4 Å². The van der Waals surface area contributed by atoms with E-state index < -0.39 is 61.8 Å². The van der Waals surface area contributed by atoms with Crippen molar-refractivity contribution in [1.29, 1.82) is 0 Å². The minimum absolute atomic E-state index is 0.103. The molecule has 6 N–H and O–H groups in total. The third kappa shape index (κ3) is 7.34. The van der Waals surface area contributed by atoms with Gasteiger partial charge in [0.2, 0.25) is 17.2 Å². The molecule has 0 radical (unpaired) electrons. The van der Waals surface area contributed by atoms with Gasteiger partial charge in [0.05, 0.1) is 21.2 Å². The van der Waals surface area contributed by atoms with Gasteiger partial charge in [-0.1, -0.05) is 24.3 Å². The highest BCUT2D eigenvalue weighted by Gasteiger charge is 2.26. The Morgan fingerprint density at radius 1 is 0.674 bits per heavy atom. The first-order valence-corrected chi connectivity index (χ1v) is 17.0. The van der Waals surface area contributed by atoms with Crippen molar-refractivity contribution in [2.45, 2.75) is 14.7 Å². The number of nitrogens with one attached hydrogen (secondary N) is 2. The maximum absolute atomic E-state index is 12.3. The summed E-state index contributed by atoms with van der Waals surface area (Å²) in [6, 6.07) is 15.4. The zero-order valence-corrected chi connectivity index (χ0v) is 25.7. The summed E-state index contributed by atoms with van der Waals surface area (Å²) in [4.78, 5) is 9.73. The SMILES string of the molecule is O=S(=O)(O)c1cccc(Nc2nc(Cl)nc(Nc3cc(S(=O)(=O)O)cc4cc(S(=O)(=O)O)c(N=Nc5ccccc5)c(O)c34)n2)c1. The summed E-state index contributed by atoms with van der Waals surface area (Å²) in [5, 5.41) is 23.3. The maximum Gasteiger partial charge on any atom is 0.296 e. The lowest BCUT2D eigenvalue weighted by Crippen LogP contribution is -2.06. The van der Waals surface area contributed by atoms with Crippen LogP contribution in [0, 0.1) is 0 Å². The molecule has 1 aromatic heterocycles. The first kappa shape index (κ1) is 32.6. The van der Waals surface area contributed by atoms with E-state index in [1.54, 1.807) is 18.2 Å². The smallest absolute Gasteiger partial charge is 0.296 e. The molecule has 0 fully saturated rings. The molecule has 0 amide bonds. The molecule has 0 atom stereocenters. The summed E-state index contributed by atoms with van der Waals surface area (Å²) in [7, 11) is -14.6. The molecule has 0 bridgehead atoms. The number of rotatable bonds is 9. The van der Waals surface area contributed by atoms with E-state index in [1.165, 1.54) is 24.3 Å². The molecule has 0 aliphatic heterocycles.